The Hall–Kier alpha value is -0.620. The maximum Gasteiger partial charge on any atom is 1.00 e. The van der Waals surface area contributed by atoms with Gasteiger partial charge in [-0.3, -0.25) is 0 Å². The summed E-state index contributed by atoms with van der Waals surface area (Å²) in [7, 11) is 6.64. The minimum atomic E-state index is -1.23. The Balaban J connectivity index is -0.0000000813. The molecule has 0 bridgehead atoms. The van der Waals surface area contributed by atoms with Crippen LogP contribution in [0.5, 0.6) is 0 Å². The molecular weight excluding hydrogens is 243 g/mol. The molecule has 0 spiro atoms. The summed E-state index contributed by atoms with van der Waals surface area (Å²) >= 11 is 0. The quantitative estimate of drug-likeness (QED) is 0.189. The van der Waals surface area contributed by atoms with Gasteiger partial charge in [0.15, 0.2) is 0 Å². The molecule has 18 heavy (non-hydrogen) atoms. The van der Waals surface area contributed by atoms with Crippen LogP contribution in [0, 0.1) is 5.41 Å². The van der Waals surface area contributed by atoms with Crippen molar-refractivity contribution in [1.29, 1.82) is 5.41 Å². The van der Waals surface area contributed by atoms with E-state index in [0.717, 1.165) is 16.6 Å². The number of hydrogen-bond acceptors (Lipinski definition) is 4. The van der Waals surface area contributed by atoms with Crippen molar-refractivity contribution in [2.75, 3.05) is 27.7 Å². The van der Waals surface area contributed by atoms with Crippen molar-refractivity contribution in [1.82, 2.24) is 0 Å². The van der Waals surface area contributed by atoms with E-state index in [0.29, 0.717) is 0 Å². The van der Waals surface area contributed by atoms with E-state index in [4.69, 9.17) is 15.3 Å². The number of aliphatic carboxylic acids is 1. The fraction of sp³-hybridized carbons (Fsp3) is 0.500. The molecule has 0 saturated carbocycles. The zero-order valence-corrected chi connectivity index (χ0v) is 14.2. The normalized spacial score (nSPS) is 8.22. The van der Waals surface area contributed by atoms with Crippen molar-refractivity contribution in [3.8, 4) is 0 Å². The topological polar surface area (TPSA) is 87.0 Å². The molecule has 0 fully saturated rings. The van der Waals surface area contributed by atoms with Gasteiger partial charge in [-0.05, 0) is 18.4 Å². The average molecular weight is 266 g/mol. The maximum atomic E-state index is 9.36. The molecule has 0 rings (SSSR count). The molecule has 0 aromatic carbocycles. The Bertz CT molecular complexity index is 230. The molecule has 0 unspecified atom stereocenters. The van der Waals surface area contributed by atoms with Gasteiger partial charge >= 0.3 is 29.6 Å². The summed E-state index contributed by atoms with van der Waals surface area (Å²) < 4.78 is 1.09. The smallest absolute Gasteiger partial charge is 0.859 e. The molecular formula is C12H23N2NaO3. The molecule has 0 saturated heterocycles. The Labute approximate surface area is 132 Å². The summed E-state index contributed by atoms with van der Waals surface area (Å²) in [6.07, 6.45) is 2.95. The first kappa shape index (κ1) is 26.0. The molecule has 0 atom stereocenters. The van der Waals surface area contributed by atoms with Crippen LogP contribution in [0.25, 0.3) is 0 Å². The number of carboxylic acids is 1. The molecule has 1 N–H and O–H groups in total. The third kappa shape index (κ3) is 58.4. The fourth-order valence-electron chi connectivity index (χ4n) is 0.671. The number of carboxylic acid groups (broad SMARTS) is 1. The van der Waals surface area contributed by atoms with E-state index in [1.165, 1.54) is 13.0 Å². The van der Waals surface area contributed by atoms with Gasteiger partial charge in [0.25, 0.3) is 0 Å². The van der Waals surface area contributed by atoms with Gasteiger partial charge in [0, 0.05) is 0 Å². The third-order valence-corrected chi connectivity index (χ3v) is 1.25. The Morgan fingerprint density at radius 2 is 1.50 bits per heavy atom. The summed E-state index contributed by atoms with van der Waals surface area (Å²) in [6.45, 7) is 9.41. The number of carbonyl (C=O) groups excluding carboxylic acids is 1. The standard InChI is InChI=1S/C6H16N.C3H5NO.C3H4O2.Na/c1-5-6-7(2,3)4;2*1-2-3(4)5;/h5-6H2,1-4H3;2H,1H2,(H2,4,5);2H,1H2,(H,4,5);/q+1;;;+1/p-2. The van der Waals surface area contributed by atoms with Crippen molar-refractivity contribution in [3.05, 3.63) is 25.3 Å². The second kappa shape index (κ2) is 16.4. The van der Waals surface area contributed by atoms with Crippen LogP contribution in [0.3, 0.4) is 0 Å². The van der Waals surface area contributed by atoms with Crippen molar-refractivity contribution >= 4 is 11.9 Å². The zero-order chi connectivity index (χ0) is 14.5. The number of nitrogens with one attached hydrogen (secondary N) is 1. The number of nitrogens with zero attached hydrogens (tertiary/aromatic N) is 1. The molecule has 0 aliphatic heterocycles. The van der Waals surface area contributed by atoms with Gasteiger partial charge in [-0.25, -0.2) is 0 Å². The van der Waals surface area contributed by atoms with Crippen LogP contribution in [0.4, 0.5) is 0 Å². The van der Waals surface area contributed by atoms with Crippen LogP contribution in [0.1, 0.15) is 13.3 Å². The summed E-state index contributed by atoms with van der Waals surface area (Å²) in [5.74, 6) is -1.96. The van der Waals surface area contributed by atoms with Gasteiger partial charge in [0.2, 0.25) is 0 Å². The Morgan fingerprint density at radius 3 is 1.50 bits per heavy atom. The van der Waals surface area contributed by atoms with Crippen LogP contribution in [0.15, 0.2) is 25.3 Å². The second-order valence-corrected chi connectivity index (χ2v) is 4.11. The van der Waals surface area contributed by atoms with Crippen LogP contribution in [-0.4, -0.2) is 44.0 Å². The monoisotopic (exact) mass is 266 g/mol. The van der Waals surface area contributed by atoms with Crippen molar-refractivity contribution in [2.45, 2.75) is 13.3 Å². The Kier molecular flexibility index (Phi) is 23.7. The molecule has 0 heterocycles. The van der Waals surface area contributed by atoms with Crippen LogP contribution in [-0.2, 0) is 4.79 Å². The van der Waals surface area contributed by atoms with E-state index >= 15 is 0 Å². The van der Waals surface area contributed by atoms with E-state index < -0.39 is 11.9 Å². The largest absolute Gasteiger partial charge is 1.00 e. The SMILES string of the molecule is C=CC(=N)[O-].C=CC(=O)[O-].CCC[N+](C)(C)C.[Na+]. The van der Waals surface area contributed by atoms with Gasteiger partial charge in [-0.1, -0.05) is 26.2 Å². The van der Waals surface area contributed by atoms with Gasteiger partial charge < -0.3 is 24.9 Å². The second-order valence-electron chi connectivity index (χ2n) is 4.11. The third-order valence-electron chi connectivity index (χ3n) is 1.25. The Morgan fingerprint density at radius 1 is 1.22 bits per heavy atom. The van der Waals surface area contributed by atoms with E-state index in [9.17, 15) is 5.11 Å². The van der Waals surface area contributed by atoms with E-state index in [1.807, 2.05) is 0 Å². The molecule has 0 aromatic heterocycles. The van der Waals surface area contributed by atoms with Crippen LogP contribution >= 0.6 is 0 Å². The van der Waals surface area contributed by atoms with Crippen molar-refractivity contribution in [2.24, 2.45) is 0 Å². The fourth-order valence-corrected chi connectivity index (χ4v) is 0.671. The first-order valence-electron chi connectivity index (χ1n) is 5.12. The molecule has 0 aliphatic carbocycles. The first-order chi connectivity index (χ1) is 7.60. The molecule has 0 radical (unpaired) electrons. The van der Waals surface area contributed by atoms with Crippen molar-refractivity contribution in [3.63, 3.8) is 0 Å². The predicted molar refractivity (Wildman–Crippen MR) is 66.3 cm³/mol. The zero-order valence-electron chi connectivity index (χ0n) is 12.2. The number of carbonyl (C=O) groups is 1. The molecule has 6 heteroatoms. The van der Waals surface area contributed by atoms with E-state index in [-0.39, 0.29) is 29.6 Å². The summed E-state index contributed by atoms with van der Waals surface area (Å²) in [6, 6.07) is 0. The van der Waals surface area contributed by atoms with Gasteiger partial charge in [-0.2, -0.15) is 0 Å². The first-order valence-corrected chi connectivity index (χ1v) is 5.12. The van der Waals surface area contributed by atoms with Crippen LogP contribution < -0.4 is 39.8 Å². The summed E-state index contributed by atoms with van der Waals surface area (Å²) in [5, 5.41) is 24.6. The average Bonchev–Trinajstić information content (AvgIpc) is 2.17. The maximum absolute atomic E-state index is 9.36. The molecule has 100 valence electrons. The van der Waals surface area contributed by atoms with E-state index in [2.05, 4.69) is 41.2 Å². The minimum absolute atomic E-state index is 0. The van der Waals surface area contributed by atoms with E-state index in [1.54, 1.807) is 0 Å². The number of rotatable bonds is 4. The molecule has 0 aromatic rings. The predicted octanol–water partition coefficient (Wildman–Crippen LogP) is -3.46. The van der Waals surface area contributed by atoms with Crippen LogP contribution in [0.2, 0.25) is 0 Å². The number of quaternary nitrogens is 1. The van der Waals surface area contributed by atoms with Gasteiger partial charge in [-0.15, -0.1) is 0 Å². The number of hydrogen-bond donors (Lipinski definition) is 1. The minimum Gasteiger partial charge on any atom is -0.859 e. The summed E-state index contributed by atoms with van der Waals surface area (Å²) in [5.41, 5.74) is 0. The summed E-state index contributed by atoms with van der Waals surface area (Å²) in [4.78, 5) is 9.14. The molecule has 0 amide bonds. The van der Waals surface area contributed by atoms with Gasteiger partial charge in [0.1, 0.15) is 0 Å². The van der Waals surface area contributed by atoms with Crippen molar-refractivity contribution < 1.29 is 49.0 Å². The van der Waals surface area contributed by atoms with Gasteiger partial charge in [0.05, 0.1) is 33.7 Å². The molecule has 0 aliphatic rings. The molecule has 5 nitrogen and oxygen atoms in total.